The van der Waals surface area contributed by atoms with Crippen molar-refractivity contribution in [2.75, 3.05) is 0 Å². The van der Waals surface area contributed by atoms with Crippen LogP contribution in [0.3, 0.4) is 0 Å². The van der Waals surface area contributed by atoms with Gasteiger partial charge in [-0.3, -0.25) is 4.40 Å². The van der Waals surface area contributed by atoms with Gasteiger partial charge in [0, 0.05) is 38.4 Å². The fourth-order valence-electron chi connectivity index (χ4n) is 8.17. The van der Waals surface area contributed by atoms with Crippen LogP contribution in [0.5, 0.6) is 0 Å². The molecule has 0 atom stereocenters. The van der Waals surface area contributed by atoms with Crippen molar-refractivity contribution in [3.05, 3.63) is 182 Å². The quantitative estimate of drug-likeness (QED) is 0.176. The van der Waals surface area contributed by atoms with E-state index in [1.54, 1.807) is 0 Å². The van der Waals surface area contributed by atoms with Crippen molar-refractivity contribution in [3.63, 3.8) is 0 Å². The van der Waals surface area contributed by atoms with E-state index in [1.165, 1.54) is 32.5 Å². The molecule has 11 aromatic rings. The Kier molecular flexibility index (Phi) is 6.22. The van der Waals surface area contributed by atoms with Gasteiger partial charge in [-0.15, -0.1) is 0 Å². The van der Waals surface area contributed by atoms with Gasteiger partial charge < -0.3 is 4.57 Å². The molecular weight excluding hydrogens is 633 g/mol. The zero-order valence-corrected chi connectivity index (χ0v) is 28.1. The second-order valence-electron chi connectivity index (χ2n) is 13.4. The van der Waals surface area contributed by atoms with Crippen LogP contribution in [-0.4, -0.2) is 18.9 Å². The number of imidazole rings is 1. The maximum absolute atomic E-state index is 5.30. The SMILES string of the molecule is c1ccc(-c2cc(-c3ccccc3)nc(-c3cccc(-n4c5ccccc5c5c6c(ccc54)c4ccccc4n4c5ccccc5nc64)c3)c2)cc1. The minimum Gasteiger partial charge on any atom is -0.309 e. The van der Waals surface area contributed by atoms with Gasteiger partial charge in [0.2, 0.25) is 0 Å². The third-order valence-electron chi connectivity index (χ3n) is 10.5. The van der Waals surface area contributed by atoms with Crippen LogP contribution in [0.1, 0.15) is 0 Å². The molecule has 4 nitrogen and oxygen atoms in total. The highest BCUT2D eigenvalue weighted by atomic mass is 15.0. The Hall–Kier alpha value is -7.04. The van der Waals surface area contributed by atoms with Crippen molar-refractivity contribution in [2.45, 2.75) is 0 Å². The van der Waals surface area contributed by atoms with Crippen LogP contribution in [-0.2, 0) is 0 Å². The first kappa shape index (κ1) is 28.8. The van der Waals surface area contributed by atoms with E-state index in [1.807, 2.05) is 6.07 Å². The highest BCUT2D eigenvalue weighted by Gasteiger charge is 2.21. The second-order valence-corrected chi connectivity index (χ2v) is 13.4. The van der Waals surface area contributed by atoms with Gasteiger partial charge in [0.05, 0.1) is 39.0 Å². The lowest BCUT2D eigenvalue weighted by atomic mass is 10.00. The lowest BCUT2D eigenvalue weighted by Crippen LogP contribution is -1.96. The third kappa shape index (κ3) is 4.28. The number of hydrogen-bond donors (Lipinski definition) is 0. The first-order valence-electron chi connectivity index (χ1n) is 17.7. The zero-order valence-electron chi connectivity index (χ0n) is 28.1. The average molecular weight is 663 g/mol. The molecular formula is C48H30N4. The van der Waals surface area contributed by atoms with Gasteiger partial charge in [-0.25, -0.2) is 9.97 Å². The topological polar surface area (TPSA) is 35.1 Å². The fourth-order valence-corrected chi connectivity index (χ4v) is 8.17. The molecule has 0 saturated heterocycles. The van der Waals surface area contributed by atoms with E-state index in [0.29, 0.717) is 0 Å². The number of pyridine rings is 2. The molecule has 4 aromatic heterocycles. The lowest BCUT2D eigenvalue weighted by molar-refractivity contribution is 1.18. The number of fused-ring (bicyclic) bond motifs is 12. The standard InChI is InChI=1S/C48H30N4/c1-3-14-31(15-4-1)34-29-40(32-16-5-2-6-17-32)49-41(30-34)33-18-13-19-35(28-33)51-43-24-11-8-21-38(43)46-45(51)27-26-37-36-20-7-10-23-42(36)52-44-25-12-9-22-39(44)50-48(52)47(37)46/h1-30H. The van der Waals surface area contributed by atoms with E-state index < -0.39 is 0 Å². The van der Waals surface area contributed by atoms with Crippen molar-refractivity contribution < 1.29 is 0 Å². The Morgan fingerprint density at radius 1 is 0.346 bits per heavy atom. The van der Waals surface area contributed by atoms with Gasteiger partial charge in [-0.05, 0) is 71.1 Å². The van der Waals surface area contributed by atoms with Crippen LogP contribution in [0, 0.1) is 0 Å². The van der Waals surface area contributed by atoms with E-state index in [0.717, 1.165) is 67.0 Å². The van der Waals surface area contributed by atoms with Gasteiger partial charge in [-0.1, -0.05) is 127 Å². The molecule has 242 valence electrons. The smallest absolute Gasteiger partial charge is 0.147 e. The summed E-state index contributed by atoms with van der Waals surface area (Å²) in [4.78, 5) is 10.5. The Morgan fingerprint density at radius 2 is 0.981 bits per heavy atom. The molecule has 0 saturated carbocycles. The van der Waals surface area contributed by atoms with Crippen molar-refractivity contribution in [1.29, 1.82) is 0 Å². The summed E-state index contributed by atoms with van der Waals surface area (Å²) in [6, 6.07) is 64.7. The molecule has 0 fully saturated rings. The van der Waals surface area contributed by atoms with E-state index >= 15 is 0 Å². The number of hydrogen-bond acceptors (Lipinski definition) is 2. The maximum Gasteiger partial charge on any atom is 0.147 e. The molecule has 0 amide bonds. The van der Waals surface area contributed by atoms with Crippen LogP contribution in [0.4, 0.5) is 0 Å². The minimum atomic E-state index is 0.936. The summed E-state index contributed by atoms with van der Waals surface area (Å²) in [6.07, 6.45) is 0. The van der Waals surface area contributed by atoms with Gasteiger partial charge in [-0.2, -0.15) is 0 Å². The van der Waals surface area contributed by atoms with Gasteiger partial charge >= 0.3 is 0 Å². The largest absolute Gasteiger partial charge is 0.309 e. The highest BCUT2D eigenvalue weighted by Crippen LogP contribution is 2.42. The Bertz CT molecular complexity index is 3110. The first-order valence-corrected chi connectivity index (χ1v) is 17.7. The summed E-state index contributed by atoms with van der Waals surface area (Å²) in [5, 5.41) is 6.00. The van der Waals surface area contributed by atoms with Crippen LogP contribution in [0.25, 0.3) is 99.5 Å². The third-order valence-corrected chi connectivity index (χ3v) is 10.5. The first-order chi connectivity index (χ1) is 25.8. The predicted octanol–water partition coefficient (Wildman–Crippen LogP) is 12.3. The molecule has 52 heavy (non-hydrogen) atoms. The summed E-state index contributed by atoms with van der Waals surface area (Å²) in [5.41, 5.74) is 14.0. The monoisotopic (exact) mass is 662 g/mol. The molecule has 0 N–H and O–H groups in total. The van der Waals surface area contributed by atoms with Gasteiger partial charge in [0.15, 0.2) is 0 Å². The van der Waals surface area contributed by atoms with Crippen LogP contribution in [0.15, 0.2) is 182 Å². The second kappa shape index (κ2) is 11.2. The van der Waals surface area contributed by atoms with Crippen molar-refractivity contribution in [2.24, 2.45) is 0 Å². The van der Waals surface area contributed by atoms with Crippen LogP contribution < -0.4 is 0 Å². The highest BCUT2D eigenvalue weighted by molar-refractivity contribution is 6.29. The molecule has 7 aromatic carbocycles. The summed E-state index contributed by atoms with van der Waals surface area (Å²) in [7, 11) is 0. The van der Waals surface area contributed by atoms with Crippen molar-refractivity contribution >= 4 is 60.2 Å². The van der Waals surface area contributed by atoms with E-state index in [9.17, 15) is 0 Å². The molecule has 11 rings (SSSR count). The molecule has 0 unspecified atom stereocenters. The lowest BCUT2D eigenvalue weighted by Gasteiger charge is -2.13. The normalized spacial score (nSPS) is 11.8. The molecule has 0 radical (unpaired) electrons. The Morgan fingerprint density at radius 3 is 1.79 bits per heavy atom. The Labute approximate surface area is 299 Å². The molecule has 0 spiro atoms. The summed E-state index contributed by atoms with van der Waals surface area (Å²) < 4.78 is 4.75. The van der Waals surface area contributed by atoms with Crippen LogP contribution >= 0.6 is 0 Å². The zero-order chi connectivity index (χ0) is 34.2. The van der Waals surface area contributed by atoms with E-state index in [-0.39, 0.29) is 0 Å². The van der Waals surface area contributed by atoms with E-state index in [4.69, 9.17) is 9.97 Å². The molecule has 4 heterocycles. The average Bonchev–Trinajstić information content (AvgIpc) is 3.78. The van der Waals surface area contributed by atoms with Crippen molar-refractivity contribution in [3.8, 4) is 39.3 Å². The number of rotatable bonds is 4. The number of nitrogens with zero attached hydrogens (tertiary/aromatic N) is 4. The summed E-state index contributed by atoms with van der Waals surface area (Å²) >= 11 is 0. The van der Waals surface area contributed by atoms with Gasteiger partial charge in [0.25, 0.3) is 0 Å². The Balaban J connectivity index is 1.19. The van der Waals surface area contributed by atoms with Crippen molar-refractivity contribution in [1.82, 2.24) is 18.9 Å². The van der Waals surface area contributed by atoms with E-state index in [2.05, 4.69) is 185 Å². The maximum atomic E-state index is 5.30. The molecule has 0 bridgehead atoms. The van der Waals surface area contributed by atoms with Crippen LogP contribution in [0.2, 0.25) is 0 Å². The summed E-state index contributed by atoms with van der Waals surface area (Å²) in [5.74, 6) is 0. The molecule has 0 aliphatic heterocycles. The number of benzene rings is 7. The molecule has 0 aliphatic carbocycles. The fraction of sp³-hybridized carbons (Fsp3) is 0. The van der Waals surface area contributed by atoms with Gasteiger partial charge in [0.1, 0.15) is 5.65 Å². The summed E-state index contributed by atoms with van der Waals surface area (Å²) in [6.45, 7) is 0. The number of aromatic nitrogens is 4. The molecule has 0 aliphatic rings. The molecule has 4 heteroatoms. The number of para-hydroxylation sites is 4. The predicted molar refractivity (Wildman–Crippen MR) is 216 cm³/mol. The minimum absolute atomic E-state index is 0.936.